The Balaban J connectivity index is 0.955. The first-order chi connectivity index (χ1) is 42.6. The summed E-state index contributed by atoms with van der Waals surface area (Å²) >= 11 is 0. The number of hydrogen-bond donors (Lipinski definition) is 0. The molecule has 0 amide bonds. The van der Waals surface area contributed by atoms with Crippen LogP contribution in [-0.4, -0.2) is 13.2 Å². The van der Waals surface area contributed by atoms with Gasteiger partial charge in [0, 0.05) is 11.1 Å². The first-order valence-corrected chi connectivity index (χ1v) is 31.1. The van der Waals surface area contributed by atoms with Gasteiger partial charge in [-0.25, -0.2) is 0 Å². The summed E-state index contributed by atoms with van der Waals surface area (Å²) in [6, 6.07) is 106. The van der Waals surface area contributed by atoms with Crippen LogP contribution >= 0.6 is 0 Å². The standard InChI is InChI=1S/C84H74O2/c1-3-5-7-27-57-85-77-55-51-73-59-71(61-41-45-69(46-42-61)81(67-37-23-13-24-38-67)79(63-29-15-9-16-30-63)64-31-17-10-18-32-64)49-53-75(73)83(77)84-76-54-50-72(60-74(76)52-56-78(84)86-58-28-8-6-4-2)62-43-47-70(48-44-62)82(68-39-25-14-26-40-68)80(65-33-19-11-20-34-65)66-35-21-12-22-36-66/h9-26,29-56,59-60H,3-8,27-28,57-58H2,1-2H3. The van der Waals surface area contributed by atoms with Crippen LogP contribution in [0.4, 0.5) is 0 Å². The van der Waals surface area contributed by atoms with Gasteiger partial charge in [0.2, 0.25) is 0 Å². The predicted molar refractivity (Wildman–Crippen MR) is 366 cm³/mol. The highest BCUT2D eigenvalue weighted by Gasteiger charge is 2.22. The van der Waals surface area contributed by atoms with E-state index in [9.17, 15) is 0 Å². The maximum absolute atomic E-state index is 6.94. The van der Waals surface area contributed by atoms with Crippen molar-refractivity contribution < 1.29 is 9.47 Å². The van der Waals surface area contributed by atoms with Crippen molar-refractivity contribution >= 4 is 43.8 Å². The summed E-state index contributed by atoms with van der Waals surface area (Å²) in [7, 11) is 0. The van der Waals surface area contributed by atoms with Gasteiger partial charge < -0.3 is 9.47 Å². The van der Waals surface area contributed by atoms with E-state index in [1.54, 1.807) is 0 Å². The van der Waals surface area contributed by atoms with Crippen LogP contribution in [0.1, 0.15) is 110 Å². The first-order valence-electron chi connectivity index (χ1n) is 31.1. The molecule has 422 valence electrons. The summed E-state index contributed by atoms with van der Waals surface area (Å²) in [5.74, 6) is 1.77. The molecule has 2 heteroatoms. The van der Waals surface area contributed by atoms with E-state index in [-0.39, 0.29) is 0 Å². The van der Waals surface area contributed by atoms with Crippen molar-refractivity contribution in [2.45, 2.75) is 65.2 Å². The first kappa shape index (κ1) is 56.7. The molecule has 0 radical (unpaired) electrons. The van der Waals surface area contributed by atoms with Gasteiger partial charge in [0.25, 0.3) is 0 Å². The number of rotatable bonds is 23. The number of benzene rings is 12. The molecular formula is C84H74O2. The average Bonchev–Trinajstić information content (AvgIpc) is 1.16. The molecule has 0 unspecified atom stereocenters. The lowest BCUT2D eigenvalue weighted by Crippen LogP contribution is -2.03. The molecule has 0 saturated heterocycles. The van der Waals surface area contributed by atoms with Crippen molar-refractivity contribution in [1.82, 2.24) is 0 Å². The number of ether oxygens (including phenoxy) is 2. The molecule has 0 aliphatic rings. The van der Waals surface area contributed by atoms with Crippen molar-refractivity contribution in [3.8, 4) is 44.9 Å². The monoisotopic (exact) mass is 1110 g/mol. The highest BCUT2D eigenvalue weighted by Crippen LogP contribution is 2.48. The fourth-order valence-corrected chi connectivity index (χ4v) is 12.3. The van der Waals surface area contributed by atoms with Crippen LogP contribution in [0, 0.1) is 0 Å². The third-order valence-corrected chi connectivity index (χ3v) is 16.6. The Hall–Kier alpha value is -9.76. The summed E-state index contributed by atoms with van der Waals surface area (Å²) in [5.41, 5.74) is 21.0. The van der Waals surface area contributed by atoms with Gasteiger partial charge in [-0.15, -0.1) is 0 Å². The Morgan fingerprint density at radius 1 is 0.244 bits per heavy atom. The second-order valence-electron chi connectivity index (χ2n) is 22.4. The fraction of sp³-hybridized carbons (Fsp3) is 0.143. The minimum atomic E-state index is 0.649. The van der Waals surface area contributed by atoms with E-state index in [2.05, 4.69) is 305 Å². The largest absolute Gasteiger partial charge is 0.493 e. The Labute approximate surface area is 509 Å². The number of fused-ring (bicyclic) bond motifs is 2. The Bertz CT molecular complexity index is 3860. The van der Waals surface area contributed by atoms with Gasteiger partial charge in [0.15, 0.2) is 0 Å². The molecular weight excluding hydrogens is 1040 g/mol. The van der Waals surface area contributed by atoms with Crippen LogP contribution in [-0.2, 0) is 0 Å². The smallest absolute Gasteiger partial charge is 0.127 e. The highest BCUT2D eigenvalue weighted by molar-refractivity contribution is 6.12. The Kier molecular flexibility index (Phi) is 18.3. The van der Waals surface area contributed by atoms with Gasteiger partial charge in [-0.1, -0.05) is 319 Å². The molecule has 0 aliphatic carbocycles. The second kappa shape index (κ2) is 27.8. The summed E-state index contributed by atoms with van der Waals surface area (Å²) in [6.45, 7) is 5.82. The van der Waals surface area contributed by atoms with Crippen molar-refractivity contribution in [3.63, 3.8) is 0 Å². The SMILES string of the molecule is CCCCCCOc1ccc2cc(-c3ccc(C(=C(c4ccccc4)c4ccccc4)c4ccccc4)cc3)ccc2c1-c1c(OCCCCCC)ccc2cc(-c3ccc(C(=C(c4ccccc4)c4ccccc4)c4ccccc4)cc3)ccc12. The van der Waals surface area contributed by atoms with Crippen molar-refractivity contribution in [2.24, 2.45) is 0 Å². The molecule has 12 rings (SSSR count). The van der Waals surface area contributed by atoms with Gasteiger partial charge in [0.1, 0.15) is 11.5 Å². The maximum atomic E-state index is 6.94. The zero-order chi connectivity index (χ0) is 58.3. The van der Waals surface area contributed by atoms with Crippen LogP contribution < -0.4 is 9.47 Å². The summed E-state index contributed by atoms with van der Waals surface area (Å²) in [5, 5.41) is 4.57. The zero-order valence-electron chi connectivity index (χ0n) is 49.6. The normalized spacial score (nSPS) is 11.1. The van der Waals surface area contributed by atoms with Gasteiger partial charge in [-0.3, -0.25) is 0 Å². The third kappa shape index (κ3) is 12.8. The number of hydrogen-bond acceptors (Lipinski definition) is 2. The molecule has 0 N–H and O–H groups in total. The van der Waals surface area contributed by atoms with E-state index < -0.39 is 0 Å². The van der Waals surface area contributed by atoms with E-state index >= 15 is 0 Å². The van der Waals surface area contributed by atoms with Crippen molar-refractivity contribution in [1.29, 1.82) is 0 Å². The maximum Gasteiger partial charge on any atom is 0.127 e. The molecule has 2 nitrogen and oxygen atoms in total. The van der Waals surface area contributed by atoms with Crippen LogP contribution in [0.5, 0.6) is 11.5 Å². The highest BCUT2D eigenvalue weighted by atomic mass is 16.5. The second-order valence-corrected chi connectivity index (χ2v) is 22.4. The molecule has 12 aromatic rings. The topological polar surface area (TPSA) is 18.5 Å². The molecule has 0 spiro atoms. The van der Waals surface area contributed by atoms with Crippen LogP contribution in [0.3, 0.4) is 0 Å². The summed E-state index contributed by atoms with van der Waals surface area (Å²) < 4.78 is 13.9. The lowest BCUT2D eigenvalue weighted by molar-refractivity contribution is 0.302. The molecule has 0 atom stereocenters. The molecule has 0 aromatic heterocycles. The molecule has 0 fully saturated rings. The molecule has 0 heterocycles. The summed E-state index contributed by atoms with van der Waals surface area (Å²) in [4.78, 5) is 0. The lowest BCUT2D eigenvalue weighted by atomic mass is 9.85. The third-order valence-electron chi connectivity index (χ3n) is 16.6. The molecule has 12 aromatic carbocycles. The van der Waals surface area contributed by atoms with Crippen LogP contribution in [0.15, 0.2) is 291 Å². The fourth-order valence-electron chi connectivity index (χ4n) is 12.3. The van der Waals surface area contributed by atoms with Crippen molar-refractivity contribution in [3.05, 3.63) is 336 Å². The van der Waals surface area contributed by atoms with E-state index in [4.69, 9.17) is 9.47 Å². The van der Waals surface area contributed by atoms with Gasteiger partial charge >= 0.3 is 0 Å². The minimum Gasteiger partial charge on any atom is -0.493 e. The Morgan fingerprint density at radius 3 is 0.791 bits per heavy atom. The quantitative estimate of drug-likeness (QED) is 0.0469. The van der Waals surface area contributed by atoms with Gasteiger partial charge in [-0.05, 0) is 148 Å². The molecule has 86 heavy (non-hydrogen) atoms. The van der Waals surface area contributed by atoms with E-state index in [0.29, 0.717) is 13.2 Å². The average molecular weight is 1120 g/mol. The minimum absolute atomic E-state index is 0.649. The van der Waals surface area contributed by atoms with Gasteiger partial charge in [0.05, 0.1) is 13.2 Å². The van der Waals surface area contributed by atoms with Crippen LogP contribution in [0.2, 0.25) is 0 Å². The van der Waals surface area contributed by atoms with E-state index in [1.165, 1.54) is 81.4 Å². The lowest BCUT2D eigenvalue weighted by Gasteiger charge is -2.21. The van der Waals surface area contributed by atoms with E-state index in [1.807, 2.05) is 0 Å². The molecule has 0 saturated carbocycles. The molecule has 0 aliphatic heterocycles. The molecule has 0 bridgehead atoms. The van der Waals surface area contributed by atoms with Gasteiger partial charge in [-0.2, -0.15) is 0 Å². The van der Waals surface area contributed by atoms with Crippen LogP contribution in [0.25, 0.3) is 77.2 Å². The summed E-state index contributed by atoms with van der Waals surface area (Å²) in [6.07, 6.45) is 9.02. The van der Waals surface area contributed by atoms with Crippen molar-refractivity contribution in [2.75, 3.05) is 13.2 Å². The Morgan fingerprint density at radius 2 is 0.512 bits per heavy atom. The predicted octanol–water partition coefficient (Wildman–Crippen LogP) is 22.9. The number of unbranched alkanes of at least 4 members (excludes halogenated alkanes) is 6. The van der Waals surface area contributed by atoms with E-state index in [0.717, 1.165) is 103 Å². The zero-order valence-corrected chi connectivity index (χ0v) is 49.6.